The van der Waals surface area contributed by atoms with Gasteiger partial charge in [0.1, 0.15) is 10.2 Å². The summed E-state index contributed by atoms with van der Waals surface area (Å²) in [7, 11) is 0. The van der Waals surface area contributed by atoms with Gasteiger partial charge in [0.2, 0.25) is 11.6 Å². The van der Waals surface area contributed by atoms with Crippen LogP contribution in [0.5, 0.6) is 0 Å². The first-order valence-corrected chi connectivity index (χ1v) is 4.30. The molecule has 1 aliphatic carbocycles. The Kier molecular flexibility index (Phi) is 5.60. The summed E-state index contributed by atoms with van der Waals surface area (Å²) in [4.78, 5) is 21.7. The van der Waals surface area contributed by atoms with Gasteiger partial charge in [0.25, 0.3) is 0 Å². The van der Waals surface area contributed by atoms with Crippen LogP contribution < -0.4 is 56.5 Å². The number of hydrogen-bond acceptors (Lipinski definition) is 4. The molecular weight excluding hydrogens is 335 g/mol. The monoisotopic (exact) mass is 334 g/mol. The summed E-state index contributed by atoms with van der Waals surface area (Å²) in [5.74, 6) is -3.51. The van der Waals surface area contributed by atoms with Crippen molar-refractivity contribution in [2.24, 2.45) is 0 Å². The molecule has 64 valence electrons. The molecule has 1 N–H and O–H groups in total. The summed E-state index contributed by atoms with van der Waals surface area (Å²) >= 11 is 5.24. The quantitative estimate of drug-likeness (QED) is 0.296. The zero-order chi connectivity index (χ0) is 9.46. The zero-order valence-electron chi connectivity index (χ0n) is 6.43. The summed E-state index contributed by atoms with van der Waals surface area (Å²) in [6.07, 6.45) is 0. The van der Waals surface area contributed by atoms with Gasteiger partial charge >= 0.3 is 51.4 Å². The van der Waals surface area contributed by atoms with Gasteiger partial charge in [0.15, 0.2) is 0 Å². The van der Waals surface area contributed by atoms with E-state index in [1.807, 2.05) is 0 Å². The van der Waals surface area contributed by atoms with Gasteiger partial charge < -0.3 is 10.2 Å². The number of allylic oxidation sites excluding steroid dienone is 2. The van der Waals surface area contributed by atoms with Gasteiger partial charge in [-0.1, -0.05) is 0 Å². The first-order chi connectivity index (χ1) is 5.46. The first-order valence-electron chi connectivity index (χ1n) is 2.71. The standard InChI is InChI=1S/C6H2Br2O4.K/c7-1-3(9)5(11)2(8)6(12)4(1)10;/h9,11H;/q;+1/p-1. The average molecular weight is 336 g/mol. The van der Waals surface area contributed by atoms with Crippen molar-refractivity contribution in [1.29, 1.82) is 0 Å². The summed E-state index contributed by atoms with van der Waals surface area (Å²) in [5.41, 5.74) is 0. The SMILES string of the molecule is O=C1C(=O)C(Br)=C(O)C([O-])=C1Br.[K+]. The van der Waals surface area contributed by atoms with Crippen molar-refractivity contribution < 1.29 is 71.2 Å². The number of carbonyl (C=O) groups excluding carboxylic acids is 2. The van der Waals surface area contributed by atoms with Gasteiger partial charge in [-0.2, -0.15) is 0 Å². The van der Waals surface area contributed by atoms with Gasteiger partial charge in [-0.15, -0.1) is 0 Å². The predicted molar refractivity (Wildman–Crippen MR) is 44.5 cm³/mol. The number of carbonyl (C=O) groups is 2. The van der Waals surface area contributed by atoms with E-state index in [0.717, 1.165) is 0 Å². The van der Waals surface area contributed by atoms with Crippen LogP contribution in [-0.4, -0.2) is 16.7 Å². The number of hydrogen-bond donors (Lipinski definition) is 1. The second kappa shape index (κ2) is 5.20. The molecule has 0 fully saturated rings. The molecule has 0 aliphatic heterocycles. The Morgan fingerprint density at radius 1 is 1.08 bits per heavy atom. The van der Waals surface area contributed by atoms with Crippen LogP contribution in [0, 0.1) is 0 Å². The number of aliphatic hydroxyl groups is 1. The molecule has 1 rings (SSSR count). The maximum absolute atomic E-state index is 10.9. The number of aliphatic hydroxyl groups excluding tert-OH is 1. The van der Waals surface area contributed by atoms with Gasteiger partial charge in [-0.3, -0.25) is 9.59 Å². The fraction of sp³-hybridized carbons (Fsp3) is 0. The molecule has 0 atom stereocenters. The number of halogens is 2. The van der Waals surface area contributed by atoms with Crippen molar-refractivity contribution in [3.63, 3.8) is 0 Å². The van der Waals surface area contributed by atoms with Crippen molar-refractivity contribution in [2.75, 3.05) is 0 Å². The molecule has 0 unspecified atom stereocenters. The molecule has 1 aliphatic rings. The molecule has 0 aromatic rings. The first kappa shape index (κ1) is 14.0. The van der Waals surface area contributed by atoms with E-state index < -0.39 is 27.6 Å². The van der Waals surface area contributed by atoms with Crippen molar-refractivity contribution in [3.8, 4) is 0 Å². The molecule has 0 radical (unpaired) electrons. The van der Waals surface area contributed by atoms with Crippen LogP contribution in [-0.2, 0) is 9.59 Å². The van der Waals surface area contributed by atoms with E-state index in [1.54, 1.807) is 0 Å². The Hall–Kier alpha value is 1.02. The smallest absolute Gasteiger partial charge is 0.869 e. The van der Waals surface area contributed by atoms with Crippen LogP contribution in [0.3, 0.4) is 0 Å². The molecule has 0 amide bonds. The number of Topliss-reactive ketones (excluding diaryl/α,β-unsaturated/α-hetero) is 2. The molecule has 4 nitrogen and oxygen atoms in total. The zero-order valence-corrected chi connectivity index (χ0v) is 12.7. The van der Waals surface area contributed by atoms with Crippen LogP contribution in [0.15, 0.2) is 20.5 Å². The molecule has 0 saturated carbocycles. The second-order valence-corrected chi connectivity index (χ2v) is 3.55. The van der Waals surface area contributed by atoms with E-state index >= 15 is 0 Å². The van der Waals surface area contributed by atoms with E-state index in [-0.39, 0.29) is 55.9 Å². The molecule has 0 aromatic heterocycles. The van der Waals surface area contributed by atoms with Crippen LogP contribution >= 0.6 is 31.9 Å². The summed E-state index contributed by atoms with van der Waals surface area (Å²) in [5, 5.41) is 19.9. The van der Waals surface area contributed by atoms with Crippen LogP contribution in [0.25, 0.3) is 0 Å². The van der Waals surface area contributed by atoms with E-state index in [2.05, 4.69) is 31.9 Å². The molecule has 0 spiro atoms. The van der Waals surface area contributed by atoms with Crippen molar-refractivity contribution in [1.82, 2.24) is 0 Å². The molecule has 0 saturated heterocycles. The fourth-order valence-electron chi connectivity index (χ4n) is 0.614. The maximum Gasteiger partial charge on any atom is 1.00 e. The minimum atomic E-state index is -0.954. The summed E-state index contributed by atoms with van der Waals surface area (Å²) in [6.45, 7) is 0. The Bertz CT molecular complexity index is 295. The minimum Gasteiger partial charge on any atom is -0.869 e. The molecule has 0 heterocycles. The van der Waals surface area contributed by atoms with Crippen LogP contribution in [0.2, 0.25) is 0 Å². The van der Waals surface area contributed by atoms with Crippen molar-refractivity contribution in [2.45, 2.75) is 0 Å². The summed E-state index contributed by atoms with van der Waals surface area (Å²) in [6, 6.07) is 0. The van der Waals surface area contributed by atoms with Gasteiger partial charge in [0, 0.05) is 0 Å². The third-order valence-corrected chi connectivity index (χ3v) is 2.68. The average Bonchev–Trinajstić information content (AvgIpc) is 2.08. The fourth-order valence-corrected chi connectivity index (χ4v) is 1.34. The molecule has 7 heteroatoms. The Morgan fingerprint density at radius 2 is 1.46 bits per heavy atom. The second-order valence-electron chi connectivity index (χ2n) is 1.96. The third-order valence-electron chi connectivity index (χ3n) is 1.23. The predicted octanol–water partition coefficient (Wildman–Crippen LogP) is -2.73. The van der Waals surface area contributed by atoms with Gasteiger partial charge in [0.05, 0.1) is 4.48 Å². The Labute approximate surface area is 133 Å². The van der Waals surface area contributed by atoms with E-state index in [4.69, 9.17) is 5.11 Å². The molecule has 0 bridgehead atoms. The Balaban J connectivity index is 0.00000144. The molecular formula is C6HBr2KO4. The topological polar surface area (TPSA) is 77.4 Å². The van der Waals surface area contributed by atoms with Gasteiger partial charge in [-0.05, 0) is 37.6 Å². The van der Waals surface area contributed by atoms with Gasteiger partial charge in [-0.25, -0.2) is 0 Å². The third kappa shape index (κ3) is 2.52. The van der Waals surface area contributed by atoms with Crippen molar-refractivity contribution >= 4 is 43.4 Å². The molecule has 0 aromatic carbocycles. The largest absolute Gasteiger partial charge is 1.00 e. The molecule has 13 heavy (non-hydrogen) atoms. The van der Waals surface area contributed by atoms with Crippen LogP contribution in [0.1, 0.15) is 0 Å². The summed E-state index contributed by atoms with van der Waals surface area (Å²) < 4.78 is -0.825. The number of rotatable bonds is 0. The van der Waals surface area contributed by atoms with E-state index in [1.165, 1.54) is 0 Å². The minimum absolute atomic E-state index is 0. The normalized spacial score (nSPS) is 17.7. The van der Waals surface area contributed by atoms with E-state index in [0.29, 0.717) is 0 Å². The van der Waals surface area contributed by atoms with Crippen LogP contribution in [0.4, 0.5) is 0 Å². The number of ketones is 2. The van der Waals surface area contributed by atoms with E-state index in [9.17, 15) is 14.7 Å². The van der Waals surface area contributed by atoms with Crippen molar-refractivity contribution in [3.05, 3.63) is 20.5 Å². The maximum atomic E-state index is 10.9. The Morgan fingerprint density at radius 3 is 1.92 bits per heavy atom.